The molecule has 0 saturated carbocycles. The number of methoxy groups -OCH3 is 1. The van der Waals surface area contributed by atoms with Gasteiger partial charge in [0.15, 0.2) is 0 Å². The van der Waals surface area contributed by atoms with Crippen LogP contribution in [0.2, 0.25) is 0 Å². The second-order valence-electron chi connectivity index (χ2n) is 6.39. The Kier molecular flexibility index (Phi) is 5.31. The van der Waals surface area contributed by atoms with Crippen LogP contribution in [0.25, 0.3) is 0 Å². The molecule has 2 aromatic rings. The van der Waals surface area contributed by atoms with Crippen molar-refractivity contribution >= 4 is 0 Å². The first-order valence-corrected chi connectivity index (χ1v) is 8.36. The van der Waals surface area contributed by atoms with Gasteiger partial charge in [-0.05, 0) is 30.2 Å². The molecule has 1 fully saturated rings. The monoisotopic (exact) mass is 310 g/mol. The van der Waals surface area contributed by atoms with E-state index >= 15 is 0 Å². The Morgan fingerprint density at radius 2 is 1.43 bits per heavy atom. The van der Waals surface area contributed by atoms with Gasteiger partial charge >= 0.3 is 0 Å². The van der Waals surface area contributed by atoms with Crippen molar-refractivity contribution in [3.8, 4) is 5.75 Å². The molecule has 0 aromatic heterocycles. The van der Waals surface area contributed by atoms with E-state index in [0.29, 0.717) is 0 Å². The van der Waals surface area contributed by atoms with Crippen molar-refractivity contribution in [2.24, 2.45) is 0 Å². The number of ether oxygens (including phenoxy) is 1. The van der Waals surface area contributed by atoms with Gasteiger partial charge in [0.1, 0.15) is 5.75 Å². The summed E-state index contributed by atoms with van der Waals surface area (Å²) in [4.78, 5) is 5.08. The summed E-state index contributed by atoms with van der Waals surface area (Å²) in [6.45, 7) is 8.74. The van der Waals surface area contributed by atoms with Gasteiger partial charge in [-0.3, -0.25) is 9.80 Å². The number of hydrogen-bond donors (Lipinski definition) is 0. The molecule has 0 aliphatic carbocycles. The summed E-state index contributed by atoms with van der Waals surface area (Å²) in [6, 6.07) is 17.3. The lowest BCUT2D eigenvalue weighted by atomic mass is 10.1. The van der Waals surface area contributed by atoms with Gasteiger partial charge in [0, 0.05) is 39.3 Å². The van der Waals surface area contributed by atoms with Crippen LogP contribution in [0.4, 0.5) is 0 Å². The topological polar surface area (TPSA) is 15.7 Å². The number of rotatable bonds is 5. The molecule has 1 aliphatic rings. The van der Waals surface area contributed by atoms with E-state index in [1.165, 1.54) is 16.7 Å². The maximum atomic E-state index is 5.31. The van der Waals surface area contributed by atoms with Crippen LogP contribution in [-0.2, 0) is 13.1 Å². The Morgan fingerprint density at radius 1 is 0.826 bits per heavy atom. The molecule has 3 nitrogen and oxygen atoms in total. The van der Waals surface area contributed by atoms with E-state index in [1.54, 1.807) is 7.11 Å². The molecule has 0 spiro atoms. The Labute approximate surface area is 139 Å². The van der Waals surface area contributed by atoms with Crippen molar-refractivity contribution in [3.63, 3.8) is 0 Å². The molecule has 1 saturated heterocycles. The summed E-state index contributed by atoms with van der Waals surface area (Å²) in [5.41, 5.74) is 4.07. The Hall–Kier alpha value is -1.84. The quantitative estimate of drug-likeness (QED) is 0.842. The average Bonchev–Trinajstić information content (AvgIpc) is 2.59. The van der Waals surface area contributed by atoms with E-state index in [-0.39, 0.29) is 0 Å². The molecule has 23 heavy (non-hydrogen) atoms. The molecule has 0 unspecified atom stereocenters. The van der Waals surface area contributed by atoms with Gasteiger partial charge in [0.05, 0.1) is 7.11 Å². The van der Waals surface area contributed by atoms with Crippen LogP contribution in [0.15, 0.2) is 48.5 Å². The first kappa shape index (κ1) is 16.0. The van der Waals surface area contributed by atoms with Crippen molar-refractivity contribution in [1.82, 2.24) is 9.80 Å². The summed E-state index contributed by atoms with van der Waals surface area (Å²) < 4.78 is 5.31. The lowest BCUT2D eigenvalue weighted by Gasteiger charge is -2.34. The van der Waals surface area contributed by atoms with E-state index in [9.17, 15) is 0 Å². The van der Waals surface area contributed by atoms with Gasteiger partial charge in [0.25, 0.3) is 0 Å². The fourth-order valence-corrected chi connectivity index (χ4v) is 3.09. The van der Waals surface area contributed by atoms with E-state index in [2.05, 4.69) is 59.2 Å². The van der Waals surface area contributed by atoms with Crippen LogP contribution in [0, 0.1) is 6.92 Å². The van der Waals surface area contributed by atoms with Crippen LogP contribution < -0.4 is 4.74 Å². The molecule has 3 heteroatoms. The van der Waals surface area contributed by atoms with Gasteiger partial charge in [-0.25, -0.2) is 0 Å². The molecular formula is C20H26N2O. The van der Waals surface area contributed by atoms with Crippen LogP contribution in [0.1, 0.15) is 16.7 Å². The second-order valence-corrected chi connectivity index (χ2v) is 6.39. The third-order valence-electron chi connectivity index (χ3n) is 4.53. The molecule has 0 atom stereocenters. The van der Waals surface area contributed by atoms with E-state index in [1.807, 2.05) is 6.07 Å². The fourth-order valence-electron chi connectivity index (χ4n) is 3.09. The standard InChI is InChI=1S/C20H26N2O/c1-17-6-8-18(9-7-17)15-21-10-12-22(13-11-21)16-19-4-3-5-20(14-19)23-2/h3-9,14H,10-13,15-16H2,1-2H3. The minimum absolute atomic E-state index is 0.945. The third kappa shape index (κ3) is 4.57. The Balaban J connectivity index is 1.49. The van der Waals surface area contributed by atoms with Crippen molar-refractivity contribution in [2.75, 3.05) is 33.3 Å². The van der Waals surface area contributed by atoms with E-state index in [4.69, 9.17) is 4.74 Å². The van der Waals surface area contributed by atoms with Gasteiger partial charge in [-0.1, -0.05) is 42.0 Å². The maximum Gasteiger partial charge on any atom is 0.119 e. The van der Waals surface area contributed by atoms with Crippen LogP contribution in [0.5, 0.6) is 5.75 Å². The number of hydrogen-bond acceptors (Lipinski definition) is 3. The zero-order chi connectivity index (χ0) is 16.1. The zero-order valence-corrected chi connectivity index (χ0v) is 14.2. The van der Waals surface area contributed by atoms with E-state index < -0.39 is 0 Å². The Bertz CT molecular complexity index is 616. The SMILES string of the molecule is COc1cccc(CN2CCN(Cc3ccc(C)cc3)CC2)c1. The molecule has 0 N–H and O–H groups in total. The Morgan fingerprint density at radius 3 is 2.04 bits per heavy atom. The molecule has 2 aromatic carbocycles. The smallest absolute Gasteiger partial charge is 0.119 e. The molecule has 122 valence electrons. The molecule has 0 bridgehead atoms. The normalized spacial score (nSPS) is 16.4. The maximum absolute atomic E-state index is 5.31. The van der Waals surface area contributed by atoms with E-state index in [0.717, 1.165) is 45.0 Å². The summed E-state index contributed by atoms with van der Waals surface area (Å²) in [6.07, 6.45) is 0. The number of benzene rings is 2. The average molecular weight is 310 g/mol. The predicted molar refractivity (Wildman–Crippen MR) is 94.7 cm³/mol. The fraction of sp³-hybridized carbons (Fsp3) is 0.400. The van der Waals surface area contributed by atoms with Crippen LogP contribution in [-0.4, -0.2) is 43.1 Å². The third-order valence-corrected chi connectivity index (χ3v) is 4.53. The largest absolute Gasteiger partial charge is 0.497 e. The molecule has 0 radical (unpaired) electrons. The van der Waals surface area contributed by atoms with Gasteiger partial charge < -0.3 is 4.74 Å². The zero-order valence-electron chi connectivity index (χ0n) is 14.2. The summed E-state index contributed by atoms with van der Waals surface area (Å²) in [5, 5.41) is 0. The van der Waals surface area contributed by atoms with Crippen molar-refractivity contribution in [1.29, 1.82) is 0 Å². The number of aryl methyl sites for hydroxylation is 1. The highest BCUT2D eigenvalue weighted by Crippen LogP contribution is 2.16. The predicted octanol–water partition coefficient (Wildman–Crippen LogP) is 3.32. The van der Waals surface area contributed by atoms with Crippen molar-refractivity contribution in [3.05, 3.63) is 65.2 Å². The summed E-state index contributed by atoms with van der Waals surface area (Å²) in [7, 11) is 1.73. The van der Waals surface area contributed by atoms with Crippen molar-refractivity contribution < 1.29 is 4.74 Å². The van der Waals surface area contributed by atoms with Gasteiger partial charge in [0.2, 0.25) is 0 Å². The minimum Gasteiger partial charge on any atom is -0.497 e. The minimum atomic E-state index is 0.945. The molecule has 1 heterocycles. The van der Waals surface area contributed by atoms with Gasteiger partial charge in [-0.15, -0.1) is 0 Å². The lowest BCUT2D eigenvalue weighted by molar-refractivity contribution is 0.122. The highest BCUT2D eigenvalue weighted by Gasteiger charge is 2.17. The molecular weight excluding hydrogens is 284 g/mol. The molecule has 3 rings (SSSR count). The molecule has 1 aliphatic heterocycles. The number of nitrogens with zero attached hydrogens (tertiary/aromatic N) is 2. The van der Waals surface area contributed by atoms with Gasteiger partial charge in [-0.2, -0.15) is 0 Å². The van der Waals surface area contributed by atoms with Crippen molar-refractivity contribution in [2.45, 2.75) is 20.0 Å². The number of piperazine rings is 1. The summed E-state index contributed by atoms with van der Waals surface area (Å²) in [5.74, 6) is 0.945. The first-order chi connectivity index (χ1) is 11.2. The second kappa shape index (κ2) is 7.62. The summed E-state index contributed by atoms with van der Waals surface area (Å²) >= 11 is 0. The first-order valence-electron chi connectivity index (χ1n) is 8.36. The highest BCUT2D eigenvalue weighted by atomic mass is 16.5. The van der Waals surface area contributed by atoms with Crippen LogP contribution >= 0.6 is 0 Å². The lowest BCUT2D eigenvalue weighted by Crippen LogP contribution is -2.45. The molecule has 0 amide bonds. The van der Waals surface area contributed by atoms with Crippen LogP contribution in [0.3, 0.4) is 0 Å². The highest BCUT2D eigenvalue weighted by molar-refractivity contribution is 5.28.